The number of aryl methyl sites for hydroxylation is 2. The van der Waals surface area contributed by atoms with Gasteiger partial charge in [-0.25, -0.2) is 9.78 Å². The van der Waals surface area contributed by atoms with Gasteiger partial charge in [-0.3, -0.25) is 5.43 Å². The highest BCUT2D eigenvalue weighted by Gasteiger charge is 2.13. The zero-order valence-corrected chi connectivity index (χ0v) is 19.3. The van der Waals surface area contributed by atoms with E-state index < -0.39 is 5.97 Å². The van der Waals surface area contributed by atoms with Crippen LogP contribution in [0.4, 0.5) is 5.13 Å². The number of methoxy groups -OCH3 is 1. The van der Waals surface area contributed by atoms with Gasteiger partial charge in [-0.2, -0.15) is 5.10 Å². The molecular weight excluding hydrogens is 434 g/mol. The second-order valence-electron chi connectivity index (χ2n) is 7.33. The Morgan fingerprint density at radius 2 is 1.82 bits per heavy atom. The van der Waals surface area contributed by atoms with Crippen molar-refractivity contribution in [2.45, 2.75) is 13.8 Å². The van der Waals surface area contributed by atoms with E-state index in [1.54, 1.807) is 47.9 Å². The molecule has 33 heavy (non-hydrogen) atoms. The number of esters is 1. The van der Waals surface area contributed by atoms with Crippen LogP contribution >= 0.6 is 11.3 Å². The predicted molar refractivity (Wildman–Crippen MR) is 133 cm³/mol. The van der Waals surface area contributed by atoms with Crippen molar-refractivity contribution in [1.82, 2.24) is 4.98 Å². The molecule has 0 amide bonds. The van der Waals surface area contributed by atoms with Gasteiger partial charge < -0.3 is 9.47 Å². The van der Waals surface area contributed by atoms with Gasteiger partial charge in [0, 0.05) is 10.4 Å². The number of hydrogen-bond acceptors (Lipinski definition) is 7. The molecule has 0 aliphatic heterocycles. The maximum atomic E-state index is 12.5. The first-order valence-electron chi connectivity index (χ1n) is 10.3. The van der Waals surface area contributed by atoms with Crippen LogP contribution in [0, 0.1) is 13.8 Å². The molecule has 6 nitrogen and oxygen atoms in total. The monoisotopic (exact) mass is 457 g/mol. The summed E-state index contributed by atoms with van der Waals surface area (Å²) in [5.41, 5.74) is 7.26. The first-order chi connectivity index (χ1) is 16.0. The molecule has 0 bridgehead atoms. The van der Waals surface area contributed by atoms with Crippen molar-refractivity contribution < 1.29 is 14.3 Å². The summed E-state index contributed by atoms with van der Waals surface area (Å²) >= 11 is 1.54. The fraction of sp³-hybridized carbons (Fsp3) is 0.115. The molecule has 0 aliphatic carbocycles. The van der Waals surface area contributed by atoms with E-state index in [2.05, 4.69) is 15.5 Å². The average Bonchev–Trinajstić information content (AvgIpc) is 3.20. The van der Waals surface area contributed by atoms with Crippen LogP contribution in [-0.4, -0.2) is 24.3 Å². The number of ether oxygens (including phenoxy) is 2. The zero-order valence-electron chi connectivity index (χ0n) is 18.5. The number of nitrogens with one attached hydrogen (secondary N) is 1. The lowest BCUT2D eigenvalue weighted by Crippen LogP contribution is -2.09. The summed E-state index contributed by atoms with van der Waals surface area (Å²) in [6.07, 6.45) is 1.66. The Hall–Kier alpha value is -3.97. The van der Waals surface area contributed by atoms with Crippen LogP contribution in [0.2, 0.25) is 0 Å². The molecule has 0 fully saturated rings. The summed E-state index contributed by atoms with van der Waals surface area (Å²) in [5.74, 6) is 0.349. The van der Waals surface area contributed by atoms with Crippen LogP contribution in [0.3, 0.4) is 0 Å². The van der Waals surface area contributed by atoms with E-state index in [4.69, 9.17) is 9.47 Å². The minimum Gasteiger partial charge on any atom is -0.493 e. The van der Waals surface area contributed by atoms with E-state index in [1.165, 1.54) is 7.11 Å². The molecule has 0 aliphatic rings. The molecule has 7 heteroatoms. The van der Waals surface area contributed by atoms with Gasteiger partial charge in [0.1, 0.15) is 0 Å². The quantitative estimate of drug-likeness (QED) is 0.157. The van der Waals surface area contributed by atoms with Crippen LogP contribution in [0.15, 0.2) is 77.9 Å². The Morgan fingerprint density at radius 1 is 1.00 bits per heavy atom. The summed E-state index contributed by atoms with van der Waals surface area (Å²) in [6, 6.07) is 22.5. The summed E-state index contributed by atoms with van der Waals surface area (Å²) in [7, 11) is 1.53. The van der Waals surface area contributed by atoms with E-state index in [-0.39, 0.29) is 0 Å². The van der Waals surface area contributed by atoms with Gasteiger partial charge in [0.2, 0.25) is 5.13 Å². The highest BCUT2D eigenvalue weighted by molar-refractivity contribution is 7.15. The Bertz CT molecular complexity index is 1300. The fourth-order valence-electron chi connectivity index (χ4n) is 3.25. The van der Waals surface area contributed by atoms with Gasteiger partial charge in [-0.15, -0.1) is 11.3 Å². The first-order valence-corrected chi connectivity index (χ1v) is 11.1. The molecule has 0 spiro atoms. The van der Waals surface area contributed by atoms with E-state index in [1.807, 2.05) is 56.3 Å². The third kappa shape index (κ3) is 5.45. The molecule has 4 rings (SSSR count). The summed E-state index contributed by atoms with van der Waals surface area (Å²) < 4.78 is 10.9. The van der Waals surface area contributed by atoms with Gasteiger partial charge in [0.25, 0.3) is 0 Å². The first kappa shape index (κ1) is 22.2. The standard InChI is InChI=1S/C26H23N3O3S/c1-17-8-7-11-21(14-17)25(30)32-22-13-12-19(15-23(22)31-3)16-27-29-26-28-24(18(2)33-26)20-9-5-4-6-10-20/h4-16H,1-3H3,(H,28,29)/b27-16-. The van der Waals surface area contributed by atoms with E-state index in [9.17, 15) is 4.79 Å². The lowest BCUT2D eigenvalue weighted by atomic mass is 10.1. The maximum Gasteiger partial charge on any atom is 0.343 e. The third-order valence-corrected chi connectivity index (χ3v) is 5.74. The molecule has 0 saturated carbocycles. The molecule has 1 N–H and O–H groups in total. The second-order valence-corrected chi connectivity index (χ2v) is 8.53. The van der Waals surface area contributed by atoms with Crippen molar-refractivity contribution >= 4 is 28.7 Å². The van der Waals surface area contributed by atoms with Crippen molar-refractivity contribution in [2.75, 3.05) is 12.5 Å². The molecule has 0 atom stereocenters. The van der Waals surface area contributed by atoms with Crippen LogP contribution in [-0.2, 0) is 0 Å². The second kappa shape index (κ2) is 10.1. The van der Waals surface area contributed by atoms with Gasteiger partial charge in [0.05, 0.1) is 24.6 Å². The molecule has 0 radical (unpaired) electrons. The Kier molecular flexibility index (Phi) is 6.80. The number of aromatic nitrogens is 1. The highest BCUT2D eigenvalue weighted by atomic mass is 32.1. The molecule has 0 unspecified atom stereocenters. The number of rotatable bonds is 7. The molecule has 1 heterocycles. The molecule has 3 aromatic carbocycles. The minimum absolute atomic E-state index is 0.345. The van der Waals surface area contributed by atoms with E-state index >= 15 is 0 Å². The molecule has 166 valence electrons. The van der Waals surface area contributed by atoms with E-state index in [0.29, 0.717) is 22.2 Å². The highest BCUT2D eigenvalue weighted by Crippen LogP contribution is 2.31. The molecule has 4 aromatic rings. The summed E-state index contributed by atoms with van der Waals surface area (Å²) in [6.45, 7) is 3.96. The van der Waals surface area contributed by atoms with Gasteiger partial charge in [0.15, 0.2) is 11.5 Å². The Labute approximate surface area is 196 Å². The lowest BCUT2D eigenvalue weighted by Gasteiger charge is -2.10. The minimum atomic E-state index is -0.437. The SMILES string of the molecule is COc1cc(/C=N\Nc2nc(-c3ccccc3)c(C)s2)ccc1OC(=O)c1cccc(C)c1. The summed E-state index contributed by atoms with van der Waals surface area (Å²) in [5, 5.41) is 5.00. The topological polar surface area (TPSA) is 72.8 Å². The molecule has 1 aromatic heterocycles. The van der Waals surface area contributed by atoms with Crippen molar-refractivity contribution in [3.05, 3.63) is 94.4 Å². The Morgan fingerprint density at radius 3 is 2.58 bits per heavy atom. The van der Waals surface area contributed by atoms with Crippen LogP contribution in [0.1, 0.15) is 26.4 Å². The number of nitrogens with zero attached hydrogens (tertiary/aromatic N) is 2. The van der Waals surface area contributed by atoms with Gasteiger partial charge in [-0.05, 0) is 49.7 Å². The third-order valence-electron chi connectivity index (χ3n) is 4.86. The van der Waals surface area contributed by atoms with Crippen molar-refractivity contribution in [3.8, 4) is 22.8 Å². The van der Waals surface area contributed by atoms with E-state index in [0.717, 1.165) is 27.3 Å². The fourth-order valence-corrected chi connectivity index (χ4v) is 4.04. The van der Waals surface area contributed by atoms with Crippen molar-refractivity contribution in [2.24, 2.45) is 5.10 Å². The normalized spacial score (nSPS) is 10.9. The maximum absolute atomic E-state index is 12.5. The predicted octanol–water partition coefficient (Wildman–Crippen LogP) is 6.10. The number of hydrogen-bond donors (Lipinski definition) is 1. The number of hydrazone groups is 1. The van der Waals surface area contributed by atoms with Crippen LogP contribution < -0.4 is 14.9 Å². The molecular formula is C26H23N3O3S. The van der Waals surface area contributed by atoms with Gasteiger partial charge in [-0.1, -0.05) is 48.0 Å². The number of anilines is 1. The largest absolute Gasteiger partial charge is 0.493 e. The van der Waals surface area contributed by atoms with Crippen LogP contribution in [0.5, 0.6) is 11.5 Å². The number of carbonyl (C=O) groups is 1. The number of benzene rings is 3. The van der Waals surface area contributed by atoms with Crippen molar-refractivity contribution in [3.63, 3.8) is 0 Å². The number of carbonyl (C=O) groups excluding carboxylic acids is 1. The molecule has 0 saturated heterocycles. The van der Waals surface area contributed by atoms with Gasteiger partial charge >= 0.3 is 5.97 Å². The van der Waals surface area contributed by atoms with Crippen LogP contribution in [0.25, 0.3) is 11.3 Å². The Balaban J connectivity index is 1.44. The zero-order chi connectivity index (χ0) is 23.2. The lowest BCUT2D eigenvalue weighted by molar-refractivity contribution is 0.0729. The summed E-state index contributed by atoms with van der Waals surface area (Å²) in [4.78, 5) is 18.2. The van der Waals surface area contributed by atoms with Crippen molar-refractivity contribution in [1.29, 1.82) is 0 Å². The number of thiazole rings is 1. The average molecular weight is 458 g/mol. The smallest absolute Gasteiger partial charge is 0.343 e.